The van der Waals surface area contributed by atoms with E-state index < -0.39 is 35.0 Å². The number of nitrogens with one attached hydrogen (secondary N) is 1. The summed E-state index contributed by atoms with van der Waals surface area (Å²) >= 11 is 0. The number of nitrogens with zero attached hydrogens (tertiary/aromatic N) is 1. The Balaban J connectivity index is 1.97. The van der Waals surface area contributed by atoms with Crippen molar-refractivity contribution in [2.45, 2.75) is 70.2 Å². The number of likely N-dealkylation sites (tertiary alicyclic amines) is 1. The third kappa shape index (κ3) is 3.23. The van der Waals surface area contributed by atoms with Crippen LogP contribution < -0.4 is 5.32 Å². The van der Waals surface area contributed by atoms with Gasteiger partial charge in [-0.25, -0.2) is 0 Å². The van der Waals surface area contributed by atoms with Crippen molar-refractivity contribution in [2.24, 2.45) is 11.8 Å². The second-order valence-electron chi connectivity index (χ2n) is 8.66. The van der Waals surface area contributed by atoms with Crippen molar-refractivity contribution < 1.29 is 29.0 Å². The summed E-state index contributed by atoms with van der Waals surface area (Å²) in [5.74, 6) is -2.33. The highest BCUT2D eigenvalue weighted by Crippen LogP contribution is 2.58. The number of fused-ring (bicyclic) bond motifs is 1. The average molecular weight is 382 g/mol. The number of carbonyl (C=O) groups excluding carboxylic acids is 3. The average Bonchev–Trinajstić information content (AvgIpc) is 3.19. The van der Waals surface area contributed by atoms with E-state index in [1.54, 1.807) is 6.92 Å². The van der Waals surface area contributed by atoms with E-state index in [2.05, 4.69) is 5.32 Å². The van der Waals surface area contributed by atoms with E-state index in [9.17, 15) is 19.5 Å². The molecule has 2 amide bonds. The predicted molar refractivity (Wildman–Crippen MR) is 95.6 cm³/mol. The minimum atomic E-state index is -0.996. The second kappa shape index (κ2) is 7.05. The Kier molecular flexibility index (Phi) is 5.24. The summed E-state index contributed by atoms with van der Waals surface area (Å²) in [6, 6.07) is -0.801. The van der Waals surface area contributed by atoms with Gasteiger partial charge in [0.2, 0.25) is 11.8 Å². The number of aliphatic hydroxyl groups excluding tert-OH is 1. The van der Waals surface area contributed by atoms with Crippen LogP contribution in [0.1, 0.15) is 47.0 Å². The largest absolute Gasteiger partial charge is 0.466 e. The van der Waals surface area contributed by atoms with E-state index in [4.69, 9.17) is 9.47 Å². The molecule has 27 heavy (non-hydrogen) atoms. The van der Waals surface area contributed by atoms with Gasteiger partial charge in [0.25, 0.3) is 0 Å². The van der Waals surface area contributed by atoms with E-state index in [1.807, 2.05) is 20.8 Å². The van der Waals surface area contributed by atoms with Crippen molar-refractivity contribution in [2.75, 3.05) is 19.8 Å². The van der Waals surface area contributed by atoms with Gasteiger partial charge >= 0.3 is 5.97 Å². The number of rotatable bonds is 6. The zero-order chi connectivity index (χ0) is 20.0. The molecule has 0 radical (unpaired) electrons. The van der Waals surface area contributed by atoms with Gasteiger partial charge in [0, 0.05) is 18.7 Å². The number of amides is 2. The quantitative estimate of drug-likeness (QED) is 0.637. The number of hydrogen-bond acceptors (Lipinski definition) is 6. The van der Waals surface area contributed by atoms with Crippen LogP contribution in [-0.4, -0.2) is 70.8 Å². The Bertz CT molecular complexity index is 630. The fraction of sp³-hybridized carbons (Fsp3) is 0.842. The van der Waals surface area contributed by atoms with E-state index in [1.165, 1.54) is 4.90 Å². The molecule has 3 saturated heterocycles. The molecule has 2 N–H and O–H groups in total. The number of ether oxygens (including phenoxy) is 2. The summed E-state index contributed by atoms with van der Waals surface area (Å²) in [5, 5.41) is 12.2. The summed E-state index contributed by atoms with van der Waals surface area (Å²) < 4.78 is 11.4. The fourth-order valence-corrected chi connectivity index (χ4v) is 4.88. The van der Waals surface area contributed by atoms with Gasteiger partial charge in [-0.1, -0.05) is 0 Å². The molecular formula is C19H30N2O6. The molecule has 152 valence electrons. The first-order valence-electron chi connectivity index (χ1n) is 9.74. The lowest BCUT2D eigenvalue weighted by atomic mass is 9.70. The van der Waals surface area contributed by atoms with Crippen LogP contribution in [0.3, 0.4) is 0 Å². The second-order valence-corrected chi connectivity index (χ2v) is 8.66. The Hall–Kier alpha value is -1.67. The predicted octanol–water partition coefficient (Wildman–Crippen LogP) is 0.221. The maximum absolute atomic E-state index is 13.3. The normalized spacial score (nSPS) is 34.7. The summed E-state index contributed by atoms with van der Waals surface area (Å²) in [4.78, 5) is 40.4. The Morgan fingerprint density at radius 1 is 1.41 bits per heavy atom. The molecule has 0 aromatic rings. The van der Waals surface area contributed by atoms with Gasteiger partial charge in [0.15, 0.2) is 0 Å². The highest BCUT2D eigenvalue weighted by Gasteiger charge is 2.74. The SMILES string of the molecule is CCOC(=O)[C@@H]1[C@H]2C(=O)N(CCCO)C(C(=O)NC(C)(C)C)C23CC[C@H]1O3. The van der Waals surface area contributed by atoms with Crippen molar-refractivity contribution in [3.05, 3.63) is 0 Å². The van der Waals surface area contributed by atoms with Crippen molar-refractivity contribution in [1.29, 1.82) is 0 Å². The van der Waals surface area contributed by atoms with Gasteiger partial charge in [-0.05, 0) is 47.0 Å². The van der Waals surface area contributed by atoms with Gasteiger partial charge < -0.3 is 24.8 Å². The highest BCUT2D eigenvalue weighted by molar-refractivity contribution is 5.98. The monoisotopic (exact) mass is 382 g/mol. The topological polar surface area (TPSA) is 105 Å². The summed E-state index contributed by atoms with van der Waals surface area (Å²) in [7, 11) is 0. The van der Waals surface area contributed by atoms with Gasteiger partial charge in [-0.15, -0.1) is 0 Å². The van der Waals surface area contributed by atoms with Gasteiger partial charge in [-0.3, -0.25) is 14.4 Å². The van der Waals surface area contributed by atoms with Gasteiger partial charge in [0.05, 0.1) is 24.5 Å². The molecule has 3 rings (SSSR count). The zero-order valence-electron chi connectivity index (χ0n) is 16.5. The van der Waals surface area contributed by atoms with Crippen molar-refractivity contribution in [3.8, 4) is 0 Å². The molecule has 3 heterocycles. The van der Waals surface area contributed by atoms with Crippen LogP contribution >= 0.6 is 0 Å². The van der Waals surface area contributed by atoms with Crippen molar-refractivity contribution >= 4 is 17.8 Å². The number of esters is 1. The molecule has 5 atom stereocenters. The molecule has 2 unspecified atom stereocenters. The molecule has 0 saturated carbocycles. The molecular weight excluding hydrogens is 352 g/mol. The highest BCUT2D eigenvalue weighted by atomic mass is 16.6. The lowest BCUT2D eigenvalue weighted by molar-refractivity contribution is -0.154. The van der Waals surface area contributed by atoms with Crippen LogP contribution in [0.5, 0.6) is 0 Å². The molecule has 1 spiro atoms. The molecule has 3 fully saturated rings. The van der Waals surface area contributed by atoms with Gasteiger partial charge in [-0.2, -0.15) is 0 Å². The van der Waals surface area contributed by atoms with E-state index in [-0.39, 0.29) is 37.7 Å². The Morgan fingerprint density at radius 2 is 2.11 bits per heavy atom. The Labute approximate surface area is 159 Å². The minimum absolute atomic E-state index is 0.0835. The van der Waals surface area contributed by atoms with Crippen LogP contribution in [0.4, 0.5) is 0 Å². The maximum atomic E-state index is 13.3. The minimum Gasteiger partial charge on any atom is -0.466 e. The van der Waals surface area contributed by atoms with Crippen molar-refractivity contribution in [3.63, 3.8) is 0 Å². The standard InChI is InChI=1S/C19H30N2O6/c1-5-26-17(25)12-11-7-8-19(27-11)13(12)16(24)21(9-6-10-22)14(19)15(23)20-18(2,3)4/h11-14,22H,5-10H2,1-4H3,(H,20,23)/t11-,12+,13+,14?,19?/m1/s1. The first-order chi connectivity index (χ1) is 12.7. The van der Waals surface area contributed by atoms with E-state index >= 15 is 0 Å². The molecule has 0 aromatic carbocycles. The third-order valence-corrected chi connectivity index (χ3v) is 5.66. The molecule has 0 aliphatic carbocycles. The zero-order valence-corrected chi connectivity index (χ0v) is 16.5. The molecule has 0 aromatic heterocycles. The fourth-order valence-electron chi connectivity index (χ4n) is 4.88. The summed E-state index contributed by atoms with van der Waals surface area (Å²) in [6.45, 7) is 7.76. The smallest absolute Gasteiger partial charge is 0.312 e. The summed E-state index contributed by atoms with van der Waals surface area (Å²) in [6.07, 6.45) is 1.16. The molecule has 8 heteroatoms. The maximum Gasteiger partial charge on any atom is 0.312 e. The third-order valence-electron chi connectivity index (χ3n) is 5.66. The molecule has 3 aliphatic rings. The van der Waals surface area contributed by atoms with E-state index in [0.717, 1.165) is 0 Å². The van der Waals surface area contributed by atoms with Crippen LogP contribution in [0.25, 0.3) is 0 Å². The molecule has 3 aliphatic heterocycles. The van der Waals surface area contributed by atoms with Crippen LogP contribution in [0.2, 0.25) is 0 Å². The number of aliphatic hydroxyl groups is 1. The van der Waals surface area contributed by atoms with Crippen LogP contribution in [-0.2, 0) is 23.9 Å². The molecule has 8 nitrogen and oxygen atoms in total. The first-order valence-corrected chi connectivity index (χ1v) is 9.74. The van der Waals surface area contributed by atoms with Gasteiger partial charge in [0.1, 0.15) is 11.6 Å². The summed E-state index contributed by atoms with van der Waals surface area (Å²) in [5.41, 5.74) is -1.46. The van der Waals surface area contributed by atoms with E-state index in [0.29, 0.717) is 19.3 Å². The first kappa shape index (κ1) is 20.1. The number of hydrogen-bond donors (Lipinski definition) is 2. The number of carbonyl (C=O) groups is 3. The lowest BCUT2D eigenvalue weighted by Gasteiger charge is -2.35. The van der Waals surface area contributed by atoms with Crippen molar-refractivity contribution in [1.82, 2.24) is 10.2 Å². The van der Waals surface area contributed by atoms with Crippen LogP contribution in [0, 0.1) is 11.8 Å². The van der Waals surface area contributed by atoms with Crippen LogP contribution in [0.15, 0.2) is 0 Å². The Morgan fingerprint density at radius 3 is 2.70 bits per heavy atom. The lowest BCUT2D eigenvalue weighted by Crippen LogP contribution is -2.58. The molecule has 2 bridgehead atoms.